The summed E-state index contributed by atoms with van der Waals surface area (Å²) in [6.07, 6.45) is 2.93. The third kappa shape index (κ3) is 1.91. The molecule has 2 aromatic rings. The molecule has 2 aromatic heterocycles. The van der Waals surface area contributed by atoms with E-state index in [4.69, 9.17) is 5.26 Å². The van der Waals surface area contributed by atoms with E-state index in [0.717, 1.165) is 11.4 Å². The predicted octanol–water partition coefficient (Wildman–Crippen LogP) is 1.12. The number of rotatable bonds is 2. The summed E-state index contributed by atoms with van der Waals surface area (Å²) in [5.74, 6) is 0.523. The van der Waals surface area contributed by atoms with Crippen molar-refractivity contribution in [1.29, 1.82) is 5.26 Å². The smallest absolute Gasteiger partial charge is 0.222 e. The molecule has 0 aliphatic rings. The Hall–Kier alpha value is -2.42. The van der Waals surface area contributed by atoms with Crippen molar-refractivity contribution in [2.24, 2.45) is 0 Å². The van der Waals surface area contributed by atoms with Crippen molar-refractivity contribution in [3.05, 3.63) is 29.8 Å². The van der Waals surface area contributed by atoms with Gasteiger partial charge < -0.3 is 5.32 Å². The summed E-state index contributed by atoms with van der Waals surface area (Å²) in [7, 11) is 0. The van der Waals surface area contributed by atoms with E-state index in [1.54, 1.807) is 6.07 Å². The molecule has 0 radical (unpaired) electrons. The fraction of sp³-hybridized carbons (Fsp3) is 0.111. The summed E-state index contributed by atoms with van der Waals surface area (Å²) in [4.78, 5) is 8.00. The highest BCUT2D eigenvalue weighted by molar-refractivity contribution is 5.58. The van der Waals surface area contributed by atoms with Gasteiger partial charge >= 0.3 is 0 Å². The van der Waals surface area contributed by atoms with Crippen molar-refractivity contribution in [2.45, 2.75) is 6.92 Å². The molecular formula is C9H8N6. The summed E-state index contributed by atoms with van der Waals surface area (Å²) in [6.45, 7) is 1.85. The van der Waals surface area contributed by atoms with Gasteiger partial charge in [0.25, 0.3) is 0 Å². The third-order valence-electron chi connectivity index (χ3n) is 1.88. The minimum atomic E-state index is 0.502. The van der Waals surface area contributed by atoms with Crippen LogP contribution in [0.4, 0.5) is 11.6 Å². The predicted molar refractivity (Wildman–Crippen MR) is 53.4 cm³/mol. The first kappa shape index (κ1) is 9.15. The largest absolute Gasteiger partial charge is 0.323 e. The van der Waals surface area contributed by atoms with Crippen molar-refractivity contribution >= 4 is 11.6 Å². The highest BCUT2D eigenvalue weighted by Gasteiger charge is 2.03. The highest BCUT2D eigenvalue weighted by Crippen LogP contribution is 2.16. The van der Waals surface area contributed by atoms with Crippen molar-refractivity contribution in [2.75, 3.05) is 5.32 Å². The minimum Gasteiger partial charge on any atom is -0.323 e. The lowest BCUT2D eigenvalue weighted by molar-refractivity contribution is 1.09. The average Bonchev–Trinajstić information content (AvgIpc) is 2.74. The van der Waals surface area contributed by atoms with Crippen LogP contribution in [0.3, 0.4) is 0 Å². The molecule has 0 saturated carbocycles. The molecule has 0 aliphatic carbocycles. The number of pyridine rings is 1. The fourth-order valence-electron chi connectivity index (χ4n) is 1.11. The number of hydrogen-bond donors (Lipinski definition) is 2. The Morgan fingerprint density at radius 3 is 3.00 bits per heavy atom. The number of nitrogens with zero attached hydrogens (tertiary/aromatic N) is 4. The van der Waals surface area contributed by atoms with Crippen LogP contribution in [0.25, 0.3) is 0 Å². The van der Waals surface area contributed by atoms with Crippen LogP contribution in [0.1, 0.15) is 11.3 Å². The molecule has 74 valence electrons. The van der Waals surface area contributed by atoms with Crippen molar-refractivity contribution in [3.63, 3.8) is 0 Å². The summed E-state index contributed by atoms with van der Waals surface area (Å²) in [6, 6.07) is 3.74. The van der Waals surface area contributed by atoms with Crippen molar-refractivity contribution in [1.82, 2.24) is 20.2 Å². The number of nitrogens with one attached hydrogen (secondary N) is 2. The van der Waals surface area contributed by atoms with Gasteiger partial charge in [-0.05, 0) is 13.0 Å². The second-order valence-corrected chi connectivity index (χ2v) is 2.93. The Morgan fingerprint density at radius 1 is 1.47 bits per heavy atom. The Balaban J connectivity index is 2.32. The van der Waals surface area contributed by atoms with Gasteiger partial charge in [-0.1, -0.05) is 0 Å². The topological polar surface area (TPSA) is 90.3 Å². The third-order valence-corrected chi connectivity index (χ3v) is 1.88. The highest BCUT2D eigenvalue weighted by atomic mass is 15.3. The first-order chi connectivity index (χ1) is 7.29. The number of aryl methyl sites for hydroxylation is 1. The molecule has 15 heavy (non-hydrogen) atoms. The van der Waals surface area contributed by atoms with Crippen LogP contribution < -0.4 is 5.32 Å². The van der Waals surface area contributed by atoms with Crippen molar-refractivity contribution < 1.29 is 0 Å². The molecule has 0 unspecified atom stereocenters. The van der Waals surface area contributed by atoms with Crippen LogP contribution in [0.5, 0.6) is 0 Å². The van der Waals surface area contributed by atoms with Gasteiger partial charge in [-0.3, -0.25) is 4.98 Å². The van der Waals surface area contributed by atoms with E-state index < -0.39 is 0 Å². The van der Waals surface area contributed by atoms with Gasteiger partial charge in [0.1, 0.15) is 12.4 Å². The van der Waals surface area contributed by atoms with Crippen LogP contribution in [-0.2, 0) is 0 Å². The normalized spacial score (nSPS) is 9.60. The van der Waals surface area contributed by atoms with Crippen LogP contribution in [0.15, 0.2) is 18.6 Å². The van der Waals surface area contributed by atoms with Gasteiger partial charge in [-0.25, -0.2) is 5.10 Å². The standard InChI is InChI=1S/C9H8N6/c1-6-8(2-7(3-10)4-11-6)14-9-12-5-13-15-9/h2,4-5H,1H3,(H2,12,13,14,15). The average molecular weight is 200 g/mol. The lowest BCUT2D eigenvalue weighted by atomic mass is 10.2. The molecule has 6 nitrogen and oxygen atoms in total. The zero-order valence-electron chi connectivity index (χ0n) is 8.02. The molecule has 6 heteroatoms. The monoisotopic (exact) mass is 200 g/mol. The van der Waals surface area contributed by atoms with E-state index >= 15 is 0 Å². The minimum absolute atomic E-state index is 0.502. The van der Waals surface area contributed by atoms with Gasteiger partial charge in [0.15, 0.2) is 0 Å². The summed E-state index contributed by atoms with van der Waals surface area (Å²) in [5, 5.41) is 18.1. The first-order valence-electron chi connectivity index (χ1n) is 4.29. The van der Waals surface area contributed by atoms with E-state index in [0.29, 0.717) is 11.5 Å². The van der Waals surface area contributed by atoms with Gasteiger partial charge in [-0.2, -0.15) is 15.3 Å². The Kier molecular flexibility index (Phi) is 2.29. The summed E-state index contributed by atoms with van der Waals surface area (Å²) in [5.41, 5.74) is 2.04. The van der Waals surface area contributed by atoms with Gasteiger partial charge in [-0.15, -0.1) is 0 Å². The van der Waals surface area contributed by atoms with E-state index in [2.05, 4.69) is 25.5 Å². The molecule has 2 N–H and O–H groups in total. The maximum Gasteiger partial charge on any atom is 0.222 e. The maximum atomic E-state index is 8.73. The number of aromatic nitrogens is 4. The molecule has 0 fully saturated rings. The molecule has 0 aliphatic heterocycles. The van der Waals surface area contributed by atoms with E-state index in [-0.39, 0.29) is 0 Å². The Labute approximate surface area is 86.0 Å². The van der Waals surface area contributed by atoms with Gasteiger partial charge in [0, 0.05) is 6.20 Å². The zero-order valence-corrected chi connectivity index (χ0v) is 8.02. The lowest BCUT2D eigenvalue weighted by Gasteiger charge is -2.05. The van der Waals surface area contributed by atoms with Gasteiger partial charge in [0.2, 0.25) is 5.95 Å². The number of anilines is 2. The molecular weight excluding hydrogens is 192 g/mol. The molecule has 0 atom stereocenters. The summed E-state index contributed by atoms with van der Waals surface area (Å²) >= 11 is 0. The van der Waals surface area contributed by atoms with Crippen LogP contribution in [0, 0.1) is 18.3 Å². The molecule has 0 saturated heterocycles. The second-order valence-electron chi connectivity index (χ2n) is 2.93. The molecule has 0 aromatic carbocycles. The molecule has 2 heterocycles. The number of hydrogen-bond acceptors (Lipinski definition) is 5. The van der Waals surface area contributed by atoms with Crippen LogP contribution in [-0.4, -0.2) is 20.2 Å². The zero-order chi connectivity index (χ0) is 10.7. The SMILES string of the molecule is Cc1ncc(C#N)cc1Nc1ncn[nH]1. The quantitative estimate of drug-likeness (QED) is 0.758. The Bertz CT molecular complexity index is 496. The molecule has 2 rings (SSSR count). The maximum absolute atomic E-state index is 8.73. The van der Waals surface area contributed by atoms with E-state index in [9.17, 15) is 0 Å². The number of nitriles is 1. The van der Waals surface area contributed by atoms with Crippen LogP contribution >= 0.6 is 0 Å². The van der Waals surface area contributed by atoms with Crippen molar-refractivity contribution in [3.8, 4) is 6.07 Å². The second kappa shape index (κ2) is 3.75. The summed E-state index contributed by atoms with van der Waals surface area (Å²) < 4.78 is 0. The van der Waals surface area contributed by atoms with E-state index in [1.807, 2.05) is 13.0 Å². The Morgan fingerprint density at radius 2 is 2.33 bits per heavy atom. The van der Waals surface area contributed by atoms with E-state index in [1.165, 1.54) is 12.5 Å². The molecule has 0 spiro atoms. The first-order valence-corrected chi connectivity index (χ1v) is 4.29. The fourth-order valence-corrected chi connectivity index (χ4v) is 1.11. The van der Waals surface area contributed by atoms with Crippen LogP contribution in [0.2, 0.25) is 0 Å². The number of aromatic amines is 1. The molecule has 0 amide bonds. The molecule has 0 bridgehead atoms. The lowest BCUT2D eigenvalue weighted by Crippen LogP contribution is -1.97. The van der Waals surface area contributed by atoms with Gasteiger partial charge in [0.05, 0.1) is 16.9 Å². The number of H-pyrrole nitrogens is 1.